The second-order valence-corrected chi connectivity index (χ2v) is 5.76. The topological polar surface area (TPSA) is 100.0 Å². The maximum Gasteiger partial charge on any atom is 0.354 e. The summed E-state index contributed by atoms with van der Waals surface area (Å²) in [4.78, 5) is 20.0. The molecule has 1 fully saturated rings. The number of piperidine rings is 1. The van der Waals surface area contributed by atoms with Crippen LogP contribution in [-0.4, -0.2) is 63.8 Å². The summed E-state index contributed by atoms with van der Waals surface area (Å²) >= 11 is 0. The number of aromatic nitrogens is 3. The number of carboxylic acids is 1. The zero-order chi connectivity index (χ0) is 15.9. The summed E-state index contributed by atoms with van der Waals surface area (Å²) in [6.45, 7) is 2.10. The number of rotatable bonds is 3. The summed E-state index contributed by atoms with van der Waals surface area (Å²) in [5.41, 5.74) is 7.06. The van der Waals surface area contributed by atoms with Crippen molar-refractivity contribution in [2.75, 3.05) is 37.8 Å². The van der Waals surface area contributed by atoms with Crippen LogP contribution in [0.5, 0.6) is 0 Å². The molecule has 0 aliphatic carbocycles. The minimum Gasteiger partial charge on any atom is -0.477 e. The number of hydrogen-bond acceptors (Lipinski definition) is 6. The number of likely N-dealkylation sites (tertiary alicyclic amines) is 1. The van der Waals surface area contributed by atoms with E-state index in [1.807, 2.05) is 7.05 Å². The highest BCUT2D eigenvalue weighted by Gasteiger charge is 2.24. The first-order valence-electron chi connectivity index (χ1n) is 7.27. The van der Waals surface area contributed by atoms with Crippen LogP contribution in [-0.2, 0) is 0 Å². The quantitative estimate of drug-likeness (QED) is 0.853. The molecular formula is C14H20N6O2. The van der Waals surface area contributed by atoms with Crippen LogP contribution in [0.1, 0.15) is 23.3 Å². The first-order valence-corrected chi connectivity index (χ1v) is 7.27. The van der Waals surface area contributed by atoms with Crippen molar-refractivity contribution in [2.45, 2.75) is 18.9 Å². The Morgan fingerprint density at radius 3 is 2.73 bits per heavy atom. The molecule has 0 atom stereocenters. The SMILES string of the molecule is CN1CCC(N(C)c2ccc(C(=O)O)n3nc(N)nc23)CC1. The number of pyridine rings is 1. The number of aromatic carboxylic acids is 1. The number of carboxylic acid groups (broad SMARTS) is 1. The summed E-state index contributed by atoms with van der Waals surface area (Å²) < 4.78 is 1.30. The first-order chi connectivity index (χ1) is 10.5. The third kappa shape index (κ3) is 2.45. The fourth-order valence-corrected chi connectivity index (χ4v) is 2.98. The molecule has 1 aliphatic heterocycles. The van der Waals surface area contributed by atoms with Crippen LogP contribution >= 0.6 is 0 Å². The predicted molar refractivity (Wildman–Crippen MR) is 83.3 cm³/mol. The average molecular weight is 304 g/mol. The second kappa shape index (κ2) is 5.45. The molecular weight excluding hydrogens is 284 g/mol. The molecule has 8 heteroatoms. The number of nitrogens with zero attached hydrogens (tertiary/aromatic N) is 5. The Bertz CT molecular complexity index is 705. The number of hydrogen-bond donors (Lipinski definition) is 2. The molecule has 0 saturated carbocycles. The number of nitrogens with two attached hydrogens (primary N) is 1. The van der Waals surface area contributed by atoms with Gasteiger partial charge in [-0.15, -0.1) is 5.10 Å². The van der Waals surface area contributed by atoms with Crippen LogP contribution in [0.25, 0.3) is 5.65 Å². The molecule has 0 unspecified atom stereocenters. The van der Waals surface area contributed by atoms with Gasteiger partial charge in [-0.2, -0.15) is 4.98 Å². The lowest BCUT2D eigenvalue weighted by molar-refractivity contribution is 0.0687. The van der Waals surface area contributed by atoms with E-state index in [1.54, 1.807) is 12.1 Å². The van der Waals surface area contributed by atoms with Crippen LogP contribution < -0.4 is 10.6 Å². The molecule has 0 radical (unpaired) electrons. The van der Waals surface area contributed by atoms with Crippen molar-refractivity contribution in [1.82, 2.24) is 19.5 Å². The molecule has 1 saturated heterocycles. The standard InChI is InChI=1S/C14H20N6O2/c1-18-7-5-9(6-8-18)19(2)10-3-4-11(13(21)22)20-12(10)16-14(15)17-20/h3-4,9H,5-8H2,1-2H3,(H2,15,17)(H,21,22). The van der Waals surface area contributed by atoms with E-state index in [9.17, 15) is 9.90 Å². The lowest BCUT2D eigenvalue weighted by Gasteiger charge is -2.36. The molecule has 22 heavy (non-hydrogen) atoms. The van der Waals surface area contributed by atoms with Gasteiger partial charge in [-0.1, -0.05) is 0 Å². The average Bonchev–Trinajstić information content (AvgIpc) is 2.87. The summed E-state index contributed by atoms with van der Waals surface area (Å²) in [5, 5.41) is 13.3. The van der Waals surface area contributed by atoms with Crippen LogP contribution in [0.15, 0.2) is 12.1 Å². The molecule has 2 aromatic heterocycles. The third-order valence-corrected chi connectivity index (χ3v) is 4.31. The van der Waals surface area contributed by atoms with Crippen LogP contribution in [0.3, 0.4) is 0 Å². The molecule has 1 aliphatic rings. The van der Waals surface area contributed by atoms with Gasteiger partial charge in [0.25, 0.3) is 0 Å². The predicted octanol–water partition coefficient (Wildman–Crippen LogP) is 0.540. The maximum atomic E-state index is 11.3. The van der Waals surface area contributed by atoms with Crippen molar-refractivity contribution >= 4 is 23.3 Å². The second-order valence-electron chi connectivity index (χ2n) is 5.76. The van der Waals surface area contributed by atoms with Crippen LogP contribution in [0.2, 0.25) is 0 Å². The molecule has 3 N–H and O–H groups in total. The van der Waals surface area contributed by atoms with E-state index in [0.717, 1.165) is 31.6 Å². The van der Waals surface area contributed by atoms with Gasteiger partial charge in [0.1, 0.15) is 0 Å². The zero-order valence-electron chi connectivity index (χ0n) is 12.7. The van der Waals surface area contributed by atoms with E-state index in [4.69, 9.17) is 5.73 Å². The Morgan fingerprint density at radius 1 is 1.41 bits per heavy atom. The number of anilines is 2. The Hall–Kier alpha value is -2.35. The van der Waals surface area contributed by atoms with E-state index in [1.165, 1.54) is 4.52 Å². The zero-order valence-corrected chi connectivity index (χ0v) is 12.7. The first kappa shape index (κ1) is 14.6. The van der Waals surface area contributed by atoms with Crippen molar-refractivity contribution in [3.63, 3.8) is 0 Å². The largest absolute Gasteiger partial charge is 0.477 e. The highest BCUT2D eigenvalue weighted by Crippen LogP contribution is 2.26. The highest BCUT2D eigenvalue weighted by atomic mass is 16.4. The fourth-order valence-electron chi connectivity index (χ4n) is 2.98. The van der Waals surface area contributed by atoms with Gasteiger partial charge in [0, 0.05) is 13.1 Å². The minimum atomic E-state index is -1.05. The maximum absolute atomic E-state index is 11.3. The van der Waals surface area contributed by atoms with Gasteiger partial charge in [0.05, 0.1) is 5.69 Å². The molecule has 0 amide bonds. The van der Waals surface area contributed by atoms with Gasteiger partial charge < -0.3 is 20.6 Å². The van der Waals surface area contributed by atoms with Gasteiger partial charge in [0.15, 0.2) is 11.3 Å². The lowest BCUT2D eigenvalue weighted by Crippen LogP contribution is -2.42. The Kier molecular flexibility index (Phi) is 3.61. The van der Waals surface area contributed by atoms with Gasteiger partial charge in [-0.25, -0.2) is 9.31 Å². The van der Waals surface area contributed by atoms with Crippen molar-refractivity contribution in [2.24, 2.45) is 0 Å². The highest BCUT2D eigenvalue weighted by molar-refractivity contribution is 5.88. The van der Waals surface area contributed by atoms with Crippen LogP contribution in [0.4, 0.5) is 11.6 Å². The fraction of sp³-hybridized carbons (Fsp3) is 0.500. The number of nitrogen functional groups attached to an aromatic ring is 1. The van der Waals surface area contributed by atoms with Crippen molar-refractivity contribution in [1.29, 1.82) is 0 Å². The molecule has 0 bridgehead atoms. The lowest BCUT2D eigenvalue weighted by atomic mass is 10.0. The van der Waals surface area contributed by atoms with Gasteiger partial charge in [-0.05, 0) is 45.1 Å². The molecule has 118 valence electrons. The number of carbonyl (C=O) groups is 1. The molecule has 0 aromatic carbocycles. The van der Waals surface area contributed by atoms with E-state index >= 15 is 0 Å². The van der Waals surface area contributed by atoms with Gasteiger partial charge in [0.2, 0.25) is 5.95 Å². The summed E-state index contributed by atoms with van der Waals surface area (Å²) in [5.74, 6) is -0.977. The molecule has 8 nitrogen and oxygen atoms in total. The van der Waals surface area contributed by atoms with E-state index < -0.39 is 5.97 Å². The Balaban J connectivity index is 2.00. The summed E-state index contributed by atoms with van der Waals surface area (Å²) in [7, 11) is 4.13. The molecule has 0 spiro atoms. The molecule has 3 rings (SSSR count). The van der Waals surface area contributed by atoms with Crippen LogP contribution in [0, 0.1) is 0 Å². The van der Waals surface area contributed by atoms with Crippen molar-refractivity contribution < 1.29 is 9.90 Å². The Labute approximate surface area is 128 Å². The monoisotopic (exact) mass is 304 g/mol. The summed E-state index contributed by atoms with van der Waals surface area (Å²) in [6, 6.07) is 3.73. The minimum absolute atomic E-state index is 0.0553. The molecule has 2 aromatic rings. The van der Waals surface area contributed by atoms with E-state index in [0.29, 0.717) is 11.7 Å². The van der Waals surface area contributed by atoms with Gasteiger partial charge in [-0.3, -0.25) is 0 Å². The smallest absolute Gasteiger partial charge is 0.354 e. The summed E-state index contributed by atoms with van der Waals surface area (Å²) in [6.07, 6.45) is 2.12. The number of fused-ring (bicyclic) bond motifs is 1. The van der Waals surface area contributed by atoms with Gasteiger partial charge >= 0.3 is 5.97 Å². The third-order valence-electron chi connectivity index (χ3n) is 4.31. The normalized spacial score (nSPS) is 17.0. The Morgan fingerprint density at radius 2 is 2.09 bits per heavy atom. The van der Waals surface area contributed by atoms with Crippen molar-refractivity contribution in [3.05, 3.63) is 17.8 Å². The van der Waals surface area contributed by atoms with E-state index in [2.05, 4.69) is 26.9 Å². The molecule has 3 heterocycles. The van der Waals surface area contributed by atoms with Crippen molar-refractivity contribution in [3.8, 4) is 0 Å². The van der Waals surface area contributed by atoms with E-state index in [-0.39, 0.29) is 11.6 Å².